The molecule has 0 spiro atoms. The van der Waals surface area contributed by atoms with Crippen LogP contribution in [0.2, 0.25) is 0 Å². The minimum Gasteiger partial charge on any atom is -0.461 e. The molecule has 0 aliphatic rings. The molecule has 9 aromatic rings. The highest BCUT2D eigenvalue weighted by atomic mass is 16.3. The van der Waals surface area contributed by atoms with E-state index in [1.54, 1.807) is 6.20 Å². The largest absolute Gasteiger partial charge is 0.461 e. The Hall–Kier alpha value is -6.72. The maximum Gasteiger partial charge on any atom is 0.164 e. The SMILES string of the molecule is C=N/C=C\c1c(C)oc2cccc(-c3cccc4cc(-c5nc(-c6ccc7ccccc7c6)nc(-c6ccc7ccccc7c6)n5)ccc34)c12. The maximum absolute atomic E-state index is 6.15. The number of benzene rings is 7. The van der Waals surface area contributed by atoms with Gasteiger partial charge in [-0.3, -0.25) is 4.99 Å². The van der Waals surface area contributed by atoms with Crippen LogP contribution < -0.4 is 0 Å². The highest BCUT2D eigenvalue weighted by Crippen LogP contribution is 2.39. The zero-order valence-electron chi connectivity index (χ0n) is 27.3. The summed E-state index contributed by atoms with van der Waals surface area (Å²) in [5.41, 5.74) is 6.85. The normalized spacial score (nSPS) is 11.7. The van der Waals surface area contributed by atoms with Gasteiger partial charge < -0.3 is 4.42 Å². The highest BCUT2D eigenvalue weighted by Gasteiger charge is 2.17. The van der Waals surface area contributed by atoms with E-state index >= 15 is 0 Å². The van der Waals surface area contributed by atoms with E-state index in [-0.39, 0.29) is 0 Å². The maximum atomic E-state index is 6.15. The summed E-state index contributed by atoms with van der Waals surface area (Å²) in [6.45, 7) is 5.59. The van der Waals surface area contributed by atoms with Crippen molar-refractivity contribution < 1.29 is 4.42 Å². The van der Waals surface area contributed by atoms with Crippen LogP contribution in [0.5, 0.6) is 0 Å². The third-order valence-electron chi connectivity index (χ3n) is 9.36. The lowest BCUT2D eigenvalue weighted by atomic mass is 9.93. The number of hydrogen-bond acceptors (Lipinski definition) is 5. The molecule has 9 rings (SSSR count). The fraction of sp³-hybridized carbons (Fsp3) is 0.0222. The number of rotatable bonds is 6. The van der Waals surface area contributed by atoms with E-state index in [1.807, 2.05) is 25.1 Å². The van der Waals surface area contributed by atoms with Crippen molar-refractivity contribution in [3.05, 3.63) is 157 Å². The Labute approximate surface area is 289 Å². The van der Waals surface area contributed by atoms with E-state index in [4.69, 9.17) is 19.4 Å². The molecule has 0 atom stereocenters. The van der Waals surface area contributed by atoms with Crippen molar-refractivity contribution in [1.29, 1.82) is 0 Å². The molecule has 0 aliphatic heterocycles. The number of fused-ring (bicyclic) bond motifs is 4. The van der Waals surface area contributed by atoms with Crippen LogP contribution in [0.25, 0.3) is 94.7 Å². The summed E-state index contributed by atoms with van der Waals surface area (Å²) >= 11 is 0. The second-order valence-corrected chi connectivity index (χ2v) is 12.4. The predicted molar refractivity (Wildman–Crippen MR) is 207 cm³/mol. The fourth-order valence-corrected chi connectivity index (χ4v) is 6.92. The monoisotopic (exact) mass is 642 g/mol. The van der Waals surface area contributed by atoms with E-state index in [2.05, 4.69) is 139 Å². The van der Waals surface area contributed by atoms with Gasteiger partial charge in [0.25, 0.3) is 0 Å². The summed E-state index contributed by atoms with van der Waals surface area (Å²) in [5, 5.41) is 7.89. The van der Waals surface area contributed by atoms with E-state index in [0.717, 1.165) is 71.7 Å². The van der Waals surface area contributed by atoms with Crippen LogP contribution in [-0.2, 0) is 0 Å². The first-order chi connectivity index (χ1) is 24.6. The van der Waals surface area contributed by atoms with Crippen LogP contribution in [0.1, 0.15) is 11.3 Å². The lowest BCUT2D eigenvalue weighted by Gasteiger charge is -2.12. The summed E-state index contributed by atoms with van der Waals surface area (Å²) in [5.74, 6) is 2.73. The quantitative estimate of drug-likeness (QED) is 0.169. The second-order valence-electron chi connectivity index (χ2n) is 12.4. The number of furan rings is 1. The number of nitrogens with zero attached hydrogens (tertiary/aromatic N) is 4. The summed E-state index contributed by atoms with van der Waals surface area (Å²) in [6, 6.07) is 48.5. The van der Waals surface area contributed by atoms with Gasteiger partial charge in [0.05, 0.1) is 0 Å². The Morgan fingerprint density at radius 1 is 0.540 bits per heavy atom. The van der Waals surface area contributed by atoms with Gasteiger partial charge in [-0.05, 0) is 87.4 Å². The van der Waals surface area contributed by atoms with Gasteiger partial charge in [-0.2, -0.15) is 0 Å². The summed E-state index contributed by atoms with van der Waals surface area (Å²) < 4.78 is 6.15. The van der Waals surface area contributed by atoms with E-state index in [1.165, 1.54) is 10.8 Å². The first-order valence-electron chi connectivity index (χ1n) is 16.6. The van der Waals surface area contributed by atoms with Gasteiger partial charge in [0.15, 0.2) is 17.5 Å². The molecule has 50 heavy (non-hydrogen) atoms. The van der Waals surface area contributed by atoms with Crippen LogP contribution >= 0.6 is 0 Å². The smallest absolute Gasteiger partial charge is 0.164 e. The minimum atomic E-state index is 0.621. The lowest BCUT2D eigenvalue weighted by Crippen LogP contribution is -2.00. The minimum absolute atomic E-state index is 0.621. The van der Waals surface area contributed by atoms with Crippen molar-refractivity contribution in [3.8, 4) is 45.3 Å². The molecule has 0 amide bonds. The molecule has 0 unspecified atom stereocenters. The zero-order chi connectivity index (χ0) is 33.6. The first-order valence-corrected chi connectivity index (χ1v) is 16.6. The Morgan fingerprint density at radius 3 is 1.68 bits per heavy atom. The molecule has 0 fully saturated rings. The Kier molecular flexibility index (Phi) is 7.10. The van der Waals surface area contributed by atoms with Crippen LogP contribution in [-0.4, -0.2) is 21.7 Å². The van der Waals surface area contributed by atoms with Gasteiger partial charge in [-0.25, -0.2) is 15.0 Å². The lowest BCUT2D eigenvalue weighted by molar-refractivity contribution is 0.577. The van der Waals surface area contributed by atoms with E-state index in [0.29, 0.717) is 17.5 Å². The third-order valence-corrected chi connectivity index (χ3v) is 9.36. The predicted octanol–water partition coefficient (Wildman–Crippen LogP) is 11.7. The zero-order valence-corrected chi connectivity index (χ0v) is 27.3. The number of hydrogen-bond donors (Lipinski definition) is 0. The molecular weight excluding hydrogens is 613 g/mol. The average molecular weight is 643 g/mol. The molecule has 0 aliphatic carbocycles. The Balaban J connectivity index is 1.21. The Morgan fingerprint density at radius 2 is 1.06 bits per heavy atom. The molecule has 0 saturated heterocycles. The first kappa shape index (κ1) is 29.4. The standard InChI is InChI=1S/C45H30N4O/c1-28-37(23-24-46-2)42-40(15-8-16-41(42)50-28)39-14-7-13-33-27-36(21-22-38(33)39)45-48-43(34-19-17-29-9-3-5-11-31(29)25-34)47-44(49-45)35-20-18-30-10-4-6-12-32(30)26-35/h3-27H,2H2,1H3/b24-23-. The van der Waals surface area contributed by atoms with Gasteiger partial charge in [0.2, 0.25) is 0 Å². The Bertz CT molecular complexity index is 2710. The highest BCUT2D eigenvalue weighted by molar-refractivity contribution is 6.08. The molecule has 0 radical (unpaired) electrons. The molecule has 5 nitrogen and oxygen atoms in total. The summed E-state index contributed by atoms with van der Waals surface area (Å²) in [4.78, 5) is 19.1. The van der Waals surface area contributed by atoms with Gasteiger partial charge >= 0.3 is 0 Å². The van der Waals surface area contributed by atoms with Crippen LogP contribution in [0.3, 0.4) is 0 Å². The van der Waals surface area contributed by atoms with Gasteiger partial charge in [0, 0.05) is 33.8 Å². The van der Waals surface area contributed by atoms with E-state index < -0.39 is 0 Å². The van der Waals surface area contributed by atoms with Crippen molar-refractivity contribution in [2.24, 2.45) is 4.99 Å². The molecule has 0 bridgehead atoms. The number of aryl methyl sites for hydroxylation is 1. The van der Waals surface area contributed by atoms with Gasteiger partial charge in [-0.1, -0.05) is 115 Å². The molecule has 7 aromatic carbocycles. The third kappa shape index (κ3) is 5.13. The molecule has 0 saturated carbocycles. The van der Waals surface area contributed by atoms with Crippen LogP contribution in [0.15, 0.2) is 155 Å². The van der Waals surface area contributed by atoms with E-state index in [9.17, 15) is 0 Å². The topological polar surface area (TPSA) is 64.2 Å². The summed E-state index contributed by atoms with van der Waals surface area (Å²) in [7, 11) is 0. The number of aromatic nitrogens is 3. The molecule has 236 valence electrons. The summed E-state index contributed by atoms with van der Waals surface area (Å²) in [6.07, 6.45) is 3.67. The van der Waals surface area contributed by atoms with Crippen LogP contribution in [0.4, 0.5) is 0 Å². The van der Waals surface area contributed by atoms with Crippen molar-refractivity contribution >= 4 is 56.1 Å². The van der Waals surface area contributed by atoms with Crippen LogP contribution in [0, 0.1) is 6.92 Å². The van der Waals surface area contributed by atoms with Crippen molar-refractivity contribution in [2.75, 3.05) is 0 Å². The number of aliphatic imine (C=N–C) groups is 1. The molecular formula is C45H30N4O. The van der Waals surface area contributed by atoms with Gasteiger partial charge in [0.1, 0.15) is 11.3 Å². The molecule has 5 heteroatoms. The molecule has 2 aromatic heterocycles. The molecule has 2 heterocycles. The molecule has 0 N–H and O–H groups in total. The van der Waals surface area contributed by atoms with Gasteiger partial charge in [-0.15, -0.1) is 0 Å². The van der Waals surface area contributed by atoms with Crippen molar-refractivity contribution in [2.45, 2.75) is 6.92 Å². The van der Waals surface area contributed by atoms with Crippen molar-refractivity contribution in [3.63, 3.8) is 0 Å². The average Bonchev–Trinajstić information content (AvgIpc) is 3.50. The fourth-order valence-electron chi connectivity index (χ4n) is 6.92. The second kappa shape index (κ2) is 12.1. The van der Waals surface area contributed by atoms with Crippen molar-refractivity contribution in [1.82, 2.24) is 15.0 Å².